The summed E-state index contributed by atoms with van der Waals surface area (Å²) in [4.78, 5) is 28.2. The van der Waals surface area contributed by atoms with Crippen LogP contribution in [0.3, 0.4) is 0 Å². The number of nitrogens with zero attached hydrogens (tertiary/aromatic N) is 5. The second kappa shape index (κ2) is 7.94. The van der Waals surface area contributed by atoms with Gasteiger partial charge in [0, 0.05) is 45.0 Å². The fourth-order valence-electron chi connectivity index (χ4n) is 3.87. The smallest absolute Gasteiger partial charge is 0.274 e. The van der Waals surface area contributed by atoms with E-state index in [2.05, 4.69) is 51.0 Å². The number of rotatable bonds is 3. The van der Waals surface area contributed by atoms with Gasteiger partial charge in [-0.1, -0.05) is 12.1 Å². The number of carbonyl (C=O) groups excluding carboxylic acids is 1. The van der Waals surface area contributed by atoms with E-state index in [-0.39, 0.29) is 5.91 Å². The molecule has 3 heterocycles. The monoisotopic (exact) mass is 365 g/mol. The van der Waals surface area contributed by atoms with Gasteiger partial charge in [-0.05, 0) is 43.9 Å². The summed E-state index contributed by atoms with van der Waals surface area (Å²) in [5.41, 5.74) is 2.93. The molecule has 0 spiro atoms. The van der Waals surface area contributed by atoms with Crippen molar-refractivity contribution in [1.29, 1.82) is 0 Å². The Bertz CT molecular complexity index is 777. The Morgan fingerprint density at radius 3 is 2.33 bits per heavy atom. The molecule has 142 valence electrons. The van der Waals surface area contributed by atoms with Crippen LogP contribution in [0.5, 0.6) is 0 Å². The first kappa shape index (κ1) is 17.8. The first-order valence-corrected chi connectivity index (χ1v) is 9.88. The molecule has 2 fully saturated rings. The van der Waals surface area contributed by atoms with E-state index >= 15 is 0 Å². The predicted octanol–water partition coefficient (Wildman–Crippen LogP) is 2.74. The molecule has 2 aliphatic rings. The highest BCUT2D eigenvalue weighted by Crippen LogP contribution is 2.19. The van der Waals surface area contributed by atoms with Crippen LogP contribution in [0.4, 0.5) is 11.5 Å². The van der Waals surface area contributed by atoms with E-state index in [4.69, 9.17) is 0 Å². The summed E-state index contributed by atoms with van der Waals surface area (Å²) >= 11 is 0. The van der Waals surface area contributed by atoms with Gasteiger partial charge in [-0.15, -0.1) is 0 Å². The van der Waals surface area contributed by atoms with Crippen molar-refractivity contribution in [2.75, 3.05) is 49.1 Å². The van der Waals surface area contributed by atoms with Crippen LogP contribution in [0, 0.1) is 6.92 Å². The summed E-state index contributed by atoms with van der Waals surface area (Å²) in [6.07, 6.45) is 7.08. The van der Waals surface area contributed by atoms with Crippen LogP contribution in [0.15, 0.2) is 36.7 Å². The number of aromatic nitrogens is 2. The largest absolute Gasteiger partial charge is 0.368 e. The molecule has 1 amide bonds. The highest BCUT2D eigenvalue weighted by atomic mass is 16.2. The third kappa shape index (κ3) is 4.04. The molecular weight excluding hydrogens is 338 g/mol. The van der Waals surface area contributed by atoms with Crippen molar-refractivity contribution in [2.24, 2.45) is 0 Å². The molecule has 0 saturated carbocycles. The van der Waals surface area contributed by atoms with Crippen LogP contribution >= 0.6 is 0 Å². The molecule has 0 aliphatic carbocycles. The Kier molecular flexibility index (Phi) is 5.23. The first-order chi connectivity index (χ1) is 13.2. The third-order valence-electron chi connectivity index (χ3n) is 5.47. The van der Waals surface area contributed by atoms with E-state index in [0.717, 1.165) is 32.0 Å². The van der Waals surface area contributed by atoms with Crippen LogP contribution in [0.25, 0.3) is 0 Å². The number of anilines is 2. The van der Waals surface area contributed by atoms with Gasteiger partial charge < -0.3 is 14.7 Å². The van der Waals surface area contributed by atoms with Crippen molar-refractivity contribution < 1.29 is 4.79 Å². The lowest BCUT2D eigenvalue weighted by Crippen LogP contribution is -2.49. The van der Waals surface area contributed by atoms with Gasteiger partial charge >= 0.3 is 0 Å². The fourth-order valence-corrected chi connectivity index (χ4v) is 3.87. The number of benzene rings is 1. The van der Waals surface area contributed by atoms with E-state index < -0.39 is 0 Å². The summed E-state index contributed by atoms with van der Waals surface area (Å²) in [6.45, 7) is 7.27. The van der Waals surface area contributed by atoms with Crippen molar-refractivity contribution in [1.82, 2.24) is 14.9 Å². The number of carbonyl (C=O) groups is 1. The topological polar surface area (TPSA) is 52.6 Å². The Morgan fingerprint density at radius 1 is 0.889 bits per heavy atom. The van der Waals surface area contributed by atoms with E-state index in [1.54, 1.807) is 12.4 Å². The SMILES string of the molecule is Cc1cccc(N2CCN(C(=O)c3cnc(N4CCCCC4)cn3)CC2)c1. The van der Waals surface area contributed by atoms with Crippen LogP contribution in [0.2, 0.25) is 0 Å². The molecule has 0 atom stereocenters. The number of hydrogen-bond acceptors (Lipinski definition) is 5. The minimum absolute atomic E-state index is 0.0170. The molecular formula is C21H27N5O. The maximum Gasteiger partial charge on any atom is 0.274 e. The minimum Gasteiger partial charge on any atom is -0.368 e. The summed E-state index contributed by atoms with van der Waals surface area (Å²) in [6, 6.07) is 8.52. The van der Waals surface area contributed by atoms with Crippen LogP contribution < -0.4 is 9.80 Å². The molecule has 27 heavy (non-hydrogen) atoms. The van der Waals surface area contributed by atoms with Gasteiger partial charge in [-0.3, -0.25) is 4.79 Å². The normalized spacial score (nSPS) is 17.9. The van der Waals surface area contributed by atoms with E-state index in [1.807, 2.05) is 4.90 Å². The summed E-state index contributed by atoms with van der Waals surface area (Å²) in [5, 5.41) is 0. The van der Waals surface area contributed by atoms with Crippen molar-refractivity contribution in [3.05, 3.63) is 47.9 Å². The first-order valence-electron chi connectivity index (χ1n) is 9.88. The molecule has 2 saturated heterocycles. The zero-order valence-electron chi connectivity index (χ0n) is 16.0. The van der Waals surface area contributed by atoms with E-state index in [0.29, 0.717) is 18.8 Å². The lowest BCUT2D eigenvalue weighted by molar-refractivity contribution is 0.0740. The second-order valence-electron chi connectivity index (χ2n) is 7.43. The van der Waals surface area contributed by atoms with Crippen LogP contribution in [0.1, 0.15) is 35.3 Å². The Balaban J connectivity index is 1.36. The Morgan fingerprint density at radius 2 is 1.67 bits per heavy atom. The zero-order chi connectivity index (χ0) is 18.6. The molecule has 0 bridgehead atoms. The molecule has 0 radical (unpaired) electrons. The standard InChI is InChI=1S/C21H27N5O/c1-17-6-5-7-18(14-17)24-10-12-26(13-11-24)21(27)19-15-23-20(16-22-19)25-8-3-2-4-9-25/h5-7,14-16H,2-4,8-13H2,1H3. The molecule has 1 aromatic heterocycles. The van der Waals surface area contributed by atoms with E-state index in [9.17, 15) is 4.79 Å². The second-order valence-corrected chi connectivity index (χ2v) is 7.43. The van der Waals surface area contributed by atoms with Crippen molar-refractivity contribution in [2.45, 2.75) is 26.2 Å². The number of piperidine rings is 1. The maximum absolute atomic E-state index is 12.8. The van der Waals surface area contributed by atoms with Crippen molar-refractivity contribution in [3.8, 4) is 0 Å². The quantitative estimate of drug-likeness (QED) is 0.837. The van der Waals surface area contributed by atoms with Crippen LogP contribution in [-0.2, 0) is 0 Å². The zero-order valence-corrected chi connectivity index (χ0v) is 16.0. The minimum atomic E-state index is -0.0170. The molecule has 6 nitrogen and oxygen atoms in total. The van der Waals surface area contributed by atoms with Gasteiger partial charge in [0.05, 0.1) is 12.4 Å². The van der Waals surface area contributed by atoms with Gasteiger partial charge in [0.2, 0.25) is 0 Å². The lowest BCUT2D eigenvalue weighted by Gasteiger charge is -2.36. The van der Waals surface area contributed by atoms with E-state index in [1.165, 1.54) is 30.5 Å². The highest BCUT2D eigenvalue weighted by Gasteiger charge is 2.24. The maximum atomic E-state index is 12.8. The number of aryl methyl sites for hydroxylation is 1. The van der Waals surface area contributed by atoms with Gasteiger partial charge in [-0.2, -0.15) is 0 Å². The molecule has 4 rings (SSSR count). The molecule has 1 aromatic carbocycles. The summed E-state index contributed by atoms with van der Waals surface area (Å²) < 4.78 is 0. The number of amides is 1. The highest BCUT2D eigenvalue weighted by molar-refractivity contribution is 5.92. The summed E-state index contributed by atoms with van der Waals surface area (Å²) in [5.74, 6) is 0.868. The molecule has 2 aliphatic heterocycles. The Hall–Kier alpha value is -2.63. The lowest BCUT2D eigenvalue weighted by atomic mass is 10.1. The fraction of sp³-hybridized carbons (Fsp3) is 0.476. The molecule has 2 aromatic rings. The van der Waals surface area contributed by atoms with Gasteiger partial charge in [0.1, 0.15) is 11.5 Å². The van der Waals surface area contributed by atoms with Gasteiger partial charge in [-0.25, -0.2) is 9.97 Å². The summed E-state index contributed by atoms with van der Waals surface area (Å²) in [7, 11) is 0. The number of hydrogen-bond donors (Lipinski definition) is 0. The molecule has 0 unspecified atom stereocenters. The number of piperazine rings is 1. The molecule has 6 heteroatoms. The third-order valence-corrected chi connectivity index (χ3v) is 5.47. The van der Waals surface area contributed by atoms with Crippen molar-refractivity contribution in [3.63, 3.8) is 0 Å². The van der Waals surface area contributed by atoms with Gasteiger partial charge in [0.15, 0.2) is 0 Å². The van der Waals surface area contributed by atoms with Crippen LogP contribution in [-0.4, -0.2) is 60.0 Å². The average molecular weight is 365 g/mol. The Labute approximate surface area is 160 Å². The molecule has 0 N–H and O–H groups in total. The van der Waals surface area contributed by atoms with Gasteiger partial charge in [0.25, 0.3) is 5.91 Å². The average Bonchev–Trinajstić information content (AvgIpc) is 2.74. The van der Waals surface area contributed by atoms with Crippen molar-refractivity contribution >= 4 is 17.4 Å². The predicted molar refractivity (Wildman–Crippen MR) is 107 cm³/mol.